The predicted octanol–water partition coefficient (Wildman–Crippen LogP) is 2.81. The van der Waals surface area contributed by atoms with Crippen LogP contribution in [0.15, 0.2) is 42.5 Å². The van der Waals surface area contributed by atoms with E-state index < -0.39 is 0 Å². The fourth-order valence-corrected chi connectivity index (χ4v) is 3.84. The first-order chi connectivity index (χ1) is 10.2. The van der Waals surface area contributed by atoms with E-state index >= 15 is 0 Å². The number of nitrogens with zero attached hydrogens (tertiary/aromatic N) is 1. The number of fused-ring (bicyclic) bond motifs is 2. The molecule has 0 spiro atoms. The van der Waals surface area contributed by atoms with Gasteiger partial charge in [-0.25, -0.2) is 4.79 Å². The molecule has 1 aliphatic heterocycles. The molecule has 1 aliphatic carbocycles. The average molecular weight is 278 g/mol. The first kappa shape index (κ1) is 12.5. The lowest BCUT2D eigenvalue weighted by Gasteiger charge is -2.35. The fraction of sp³-hybridized carbons (Fsp3) is 0.278. The summed E-state index contributed by atoms with van der Waals surface area (Å²) in [6.07, 6.45) is 2.15. The smallest absolute Gasteiger partial charge is 0.315 e. The molecule has 3 heteroatoms. The van der Waals surface area contributed by atoms with Crippen molar-refractivity contribution in [1.29, 1.82) is 0 Å². The molecular formula is C18H18N2O. The number of amides is 2. The van der Waals surface area contributed by atoms with E-state index in [9.17, 15) is 4.79 Å². The van der Waals surface area contributed by atoms with Crippen LogP contribution in [0.4, 0.5) is 4.79 Å². The minimum Gasteiger partial charge on any atom is -0.351 e. The molecule has 0 fully saturated rings. The average Bonchev–Trinajstić information content (AvgIpc) is 2.67. The first-order valence-electron chi connectivity index (χ1n) is 7.47. The van der Waals surface area contributed by atoms with Crippen molar-refractivity contribution in [2.75, 3.05) is 6.54 Å². The standard InChI is InChI=1S/C18H18N2O/c19-18(21)20-10-14-6-3-5-13-9-8-12-4-1-2-7-15(12)16(11-20)17(13)14/h1-7,16H,8-11H2,(H2,19,21). The summed E-state index contributed by atoms with van der Waals surface area (Å²) in [6.45, 7) is 1.33. The molecule has 21 heavy (non-hydrogen) atoms. The minimum atomic E-state index is -0.326. The largest absolute Gasteiger partial charge is 0.351 e. The van der Waals surface area contributed by atoms with Gasteiger partial charge in [0.05, 0.1) is 0 Å². The monoisotopic (exact) mass is 278 g/mol. The maximum Gasteiger partial charge on any atom is 0.315 e. The van der Waals surface area contributed by atoms with Crippen molar-refractivity contribution in [2.45, 2.75) is 25.3 Å². The second-order valence-corrected chi connectivity index (χ2v) is 5.96. The van der Waals surface area contributed by atoms with Gasteiger partial charge in [0.2, 0.25) is 0 Å². The highest BCUT2D eigenvalue weighted by Gasteiger charge is 2.32. The molecule has 1 unspecified atom stereocenters. The fourth-order valence-electron chi connectivity index (χ4n) is 3.84. The number of primary amides is 1. The van der Waals surface area contributed by atoms with Crippen LogP contribution in [0.1, 0.15) is 33.7 Å². The number of aryl methyl sites for hydroxylation is 2. The van der Waals surface area contributed by atoms with Crippen molar-refractivity contribution in [3.8, 4) is 0 Å². The lowest BCUT2D eigenvalue weighted by molar-refractivity contribution is 0.198. The second kappa shape index (κ2) is 4.62. The van der Waals surface area contributed by atoms with E-state index in [-0.39, 0.29) is 11.9 Å². The number of benzene rings is 2. The van der Waals surface area contributed by atoms with Crippen molar-refractivity contribution in [3.05, 3.63) is 70.3 Å². The Kier molecular flexibility index (Phi) is 2.74. The number of urea groups is 1. The van der Waals surface area contributed by atoms with Crippen LogP contribution in [0.5, 0.6) is 0 Å². The van der Waals surface area contributed by atoms with Gasteiger partial charge in [-0.1, -0.05) is 42.5 Å². The topological polar surface area (TPSA) is 46.3 Å². The lowest BCUT2D eigenvalue weighted by Crippen LogP contribution is -2.41. The van der Waals surface area contributed by atoms with Gasteiger partial charge in [0.15, 0.2) is 0 Å². The predicted molar refractivity (Wildman–Crippen MR) is 82.1 cm³/mol. The molecule has 0 aromatic heterocycles. The van der Waals surface area contributed by atoms with E-state index in [1.165, 1.54) is 27.8 Å². The Morgan fingerprint density at radius 3 is 2.57 bits per heavy atom. The lowest BCUT2D eigenvalue weighted by atomic mass is 9.82. The molecule has 0 saturated heterocycles. The number of carbonyl (C=O) groups is 1. The van der Waals surface area contributed by atoms with Crippen molar-refractivity contribution >= 4 is 6.03 Å². The molecule has 0 radical (unpaired) electrons. The summed E-state index contributed by atoms with van der Waals surface area (Å²) >= 11 is 0. The van der Waals surface area contributed by atoms with E-state index in [2.05, 4.69) is 42.5 Å². The summed E-state index contributed by atoms with van der Waals surface area (Å²) in [5.74, 6) is 0.260. The maximum atomic E-state index is 11.7. The number of hydrogen-bond donors (Lipinski definition) is 1. The van der Waals surface area contributed by atoms with Crippen LogP contribution in [-0.2, 0) is 19.4 Å². The Morgan fingerprint density at radius 1 is 1.00 bits per heavy atom. The van der Waals surface area contributed by atoms with Crippen LogP contribution in [-0.4, -0.2) is 17.5 Å². The molecule has 1 heterocycles. The third kappa shape index (κ3) is 1.92. The van der Waals surface area contributed by atoms with Gasteiger partial charge in [0, 0.05) is 19.0 Å². The van der Waals surface area contributed by atoms with Crippen LogP contribution >= 0.6 is 0 Å². The van der Waals surface area contributed by atoms with E-state index in [1.54, 1.807) is 4.90 Å². The summed E-state index contributed by atoms with van der Waals surface area (Å²) in [7, 11) is 0. The molecule has 4 rings (SSSR count). The molecular weight excluding hydrogens is 260 g/mol. The zero-order valence-corrected chi connectivity index (χ0v) is 11.9. The first-order valence-corrected chi connectivity index (χ1v) is 7.47. The van der Waals surface area contributed by atoms with E-state index in [4.69, 9.17) is 5.73 Å². The van der Waals surface area contributed by atoms with Crippen molar-refractivity contribution in [2.24, 2.45) is 5.73 Å². The Hall–Kier alpha value is -2.29. The molecule has 1 atom stereocenters. The number of carbonyl (C=O) groups excluding carboxylic acids is 1. The molecule has 106 valence electrons. The zero-order chi connectivity index (χ0) is 14.4. The van der Waals surface area contributed by atoms with Crippen LogP contribution in [0.25, 0.3) is 0 Å². The molecule has 0 saturated carbocycles. The number of nitrogens with two attached hydrogens (primary N) is 1. The third-order valence-electron chi connectivity index (χ3n) is 4.81. The van der Waals surface area contributed by atoms with Crippen LogP contribution in [0, 0.1) is 0 Å². The molecule has 2 aliphatic rings. The highest BCUT2D eigenvalue weighted by Crippen LogP contribution is 2.39. The van der Waals surface area contributed by atoms with Crippen molar-refractivity contribution < 1.29 is 4.79 Å². The molecule has 2 N–H and O–H groups in total. The molecule has 0 bridgehead atoms. The SMILES string of the molecule is NC(=O)N1Cc2cccc3c2C(C1)c1ccccc1CC3. The van der Waals surface area contributed by atoms with Gasteiger partial charge in [-0.3, -0.25) is 0 Å². The highest BCUT2D eigenvalue weighted by atomic mass is 16.2. The molecule has 2 aromatic rings. The van der Waals surface area contributed by atoms with Gasteiger partial charge in [-0.15, -0.1) is 0 Å². The minimum absolute atomic E-state index is 0.260. The van der Waals surface area contributed by atoms with Gasteiger partial charge in [-0.05, 0) is 40.7 Å². The Bertz CT molecular complexity index is 723. The maximum absolute atomic E-state index is 11.7. The number of hydrogen-bond acceptors (Lipinski definition) is 1. The van der Waals surface area contributed by atoms with E-state index in [0.717, 1.165) is 12.8 Å². The normalized spacial score (nSPS) is 19.4. The Balaban J connectivity index is 1.93. The van der Waals surface area contributed by atoms with E-state index in [1.807, 2.05) is 0 Å². The third-order valence-corrected chi connectivity index (χ3v) is 4.81. The van der Waals surface area contributed by atoms with Gasteiger partial charge in [0.25, 0.3) is 0 Å². The Morgan fingerprint density at radius 2 is 1.71 bits per heavy atom. The van der Waals surface area contributed by atoms with Gasteiger partial charge < -0.3 is 10.6 Å². The number of rotatable bonds is 0. The quantitative estimate of drug-likeness (QED) is 0.791. The van der Waals surface area contributed by atoms with Gasteiger partial charge >= 0.3 is 6.03 Å². The van der Waals surface area contributed by atoms with Crippen LogP contribution in [0.3, 0.4) is 0 Å². The molecule has 2 aromatic carbocycles. The van der Waals surface area contributed by atoms with Crippen molar-refractivity contribution in [3.63, 3.8) is 0 Å². The van der Waals surface area contributed by atoms with E-state index in [0.29, 0.717) is 13.1 Å². The van der Waals surface area contributed by atoms with Crippen LogP contribution < -0.4 is 5.73 Å². The summed E-state index contributed by atoms with van der Waals surface area (Å²) in [5, 5.41) is 0. The van der Waals surface area contributed by atoms with Gasteiger partial charge in [-0.2, -0.15) is 0 Å². The zero-order valence-electron chi connectivity index (χ0n) is 11.9. The summed E-state index contributed by atoms with van der Waals surface area (Å²) < 4.78 is 0. The summed E-state index contributed by atoms with van der Waals surface area (Å²) in [5.41, 5.74) is 12.4. The van der Waals surface area contributed by atoms with Gasteiger partial charge in [0.1, 0.15) is 0 Å². The Labute approximate surface area is 124 Å². The second-order valence-electron chi connectivity index (χ2n) is 5.96. The highest BCUT2D eigenvalue weighted by molar-refractivity contribution is 5.73. The summed E-state index contributed by atoms with van der Waals surface area (Å²) in [6, 6.07) is 14.8. The molecule has 2 amide bonds. The molecule has 3 nitrogen and oxygen atoms in total. The van der Waals surface area contributed by atoms with Crippen LogP contribution in [0.2, 0.25) is 0 Å². The van der Waals surface area contributed by atoms with Crippen molar-refractivity contribution in [1.82, 2.24) is 4.90 Å². The summed E-state index contributed by atoms with van der Waals surface area (Å²) in [4.78, 5) is 13.4.